The minimum Gasteiger partial charge on any atom is -0.481 e. The smallest absolute Gasteiger partial charge is 0.337 e. The third kappa shape index (κ3) is 5.22. The van der Waals surface area contributed by atoms with Crippen molar-refractivity contribution >= 4 is 23.9 Å². The van der Waals surface area contributed by atoms with Crippen molar-refractivity contribution < 1.29 is 44.3 Å². The molecule has 0 rings (SSSR count). The van der Waals surface area contributed by atoms with E-state index in [4.69, 9.17) is 15.3 Å². The highest BCUT2D eigenvalue weighted by Crippen LogP contribution is 2.26. The minimum absolute atomic E-state index is 0.0564. The van der Waals surface area contributed by atoms with E-state index in [0.29, 0.717) is 0 Å². The van der Waals surface area contributed by atoms with E-state index in [1.165, 1.54) is 6.92 Å². The van der Waals surface area contributed by atoms with Crippen molar-refractivity contribution in [1.29, 1.82) is 0 Å². The lowest BCUT2D eigenvalue weighted by molar-refractivity contribution is -0.180. The fraction of sp³-hybridized carbons (Fsp3) is 0.500. The summed E-state index contributed by atoms with van der Waals surface area (Å²) in [6, 6.07) is 0. The number of ether oxygens (including phenoxy) is 1. The summed E-state index contributed by atoms with van der Waals surface area (Å²) in [4.78, 5) is 43.8. The van der Waals surface area contributed by atoms with Crippen molar-refractivity contribution in [1.82, 2.24) is 0 Å². The highest BCUT2D eigenvalue weighted by atomic mass is 16.5. The molecule has 0 saturated carbocycles. The molecule has 0 aliphatic carbocycles. The normalized spacial score (nSPS) is 14.6. The second kappa shape index (κ2) is 7.39. The molecule has 0 aromatic carbocycles. The van der Waals surface area contributed by atoms with Gasteiger partial charge in [0, 0.05) is 5.57 Å². The Morgan fingerprint density at radius 1 is 1.19 bits per heavy atom. The molecule has 0 aromatic heterocycles. The average Bonchev–Trinajstić information content (AvgIpc) is 2.32. The molecule has 0 saturated heterocycles. The summed E-state index contributed by atoms with van der Waals surface area (Å²) in [6.45, 7) is 4.15. The van der Waals surface area contributed by atoms with Crippen LogP contribution in [0, 0.1) is 5.92 Å². The molecule has 0 aliphatic rings. The first kappa shape index (κ1) is 18.6. The Hall–Kier alpha value is -2.42. The maximum absolute atomic E-state index is 11.1. The van der Waals surface area contributed by atoms with Gasteiger partial charge in [-0.1, -0.05) is 6.58 Å². The quantitative estimate of drug-likeness (QED) is 0.325. The van der Waals surface area contributed by atoms with Gasteiger partial charge < -0.3 is 25.2 Å². The van der Waals surface area contributed by atoms with Crippen LogP contribution in [0.2, 0.25) is 0 Å². The summed E-state index contributed by atoms with van der Waals surface area (Å²) in [5.74, 6) is -8.14. The topological polar surface area (TPSA) is 158 Å². The number of carboxylic acids is 3. The number of carboxylic acid groups (broad SMARTS) is 3. The number of carbonyl (C=O) groups excluding carboxylic acids is 1. The highest BCUT2D eigenvalue weighted by molar-refractivity contribution is 5.89. The van der Waals surface area contributed by atoms with E-state index < -0.39 is 54.8 Å². The lowest BCUT2D eigenvalue weighted by atomic mass is 9.82. The first-order valence-corrected chi connectivity index (χ1v) is 5.75. The Morgan fingerprint density at radius 2 is 1.71 bits per heavy atom. The van der Waals surface area contributed by atoms with Crippen LogP contribution in [-0.4, -0.2) is 56.5 Å². The Balaban J connectivity index is 5.05. The summed E-state index contributed by atoms with van der Waals surface area (Å²) >= 11 is 0. The van der Waals surface area contributed by atoms with Crippen LogP contribution in [0.1, 0.15) is 19.8 Å². The summed E-state index contributed by atoms with van der Waals surface area (Å²) in [5.41, 5.74) is -2.95. The molecule has 0 aliphatic heterocycles. The number of hydrogen-bond donors (Lipinski definition) is 4. The largest absolute Gasteiger partial charge is 0.481 e. The maximum atomic E-state index is 11.1. The lowest BCUT2D eigenvalue weighted by Crippen LogP contribution is -2.51. The van der Waals surface area contributed by atoms with Gasteiger partial charge in [-0.2, -0.15) is 0 Å². The molecule has 2 unspecified atom stereocenters. The monoisotopic (exact) mass is 304 g/mol. The zero-order chi connectivity index (χ0) is 16.8. The standard InChI is InChI=1S/C12H16O9/c1-6(2)10(17)21-4-3-7(9(15)16)12(20,11(18)19)5-8(13)14/h7,20H,1,3-5H2,2H3,(H,13,14)(H,15,16)(H,18,19). The molecule has 0 heterocycles. The molecule has 0 radical (unpaired) electrons. The van der Waals surface area contributed by atoms with Crippen LogP contribution in [0.3, 0.4) is 0 Å². The second-order valence-electron chi connectivity index (χ2n) is 4.40. The van der Waals surface area contributed by atoms with Gasteiger partial charge in [-0.15, -0.1) is 0 Å². The Kier molecular flexibility index (Phi) is 6.53. The van der Waals surface area contributed by atoms with E-state index in [1.54, 1.807) is 0 Å². The van der Waals surface area contributed by atoms with E-state index in [9.17, 15) is 24.3 Å². The molecule has 0 spiro atoms. The molecule has 0 amide bonds. The van der Waals surface area contributed by atoms with Crippen LogP contribution in [-0.2, 0) is 23.9 Å². The van der Waals surface area contributed by atoms with Gasteiger partial charge in [0.2, 0.25) is 0 Å². The predicted octanol–water partition coefficient (Wildman–Crippen LogP) is -0.513. The Bertz CT molecular complexity index is 467. The van der Waals surface area contributed by atoms with Crippen molar-refractivity contribution in [2.75, 3.05) is 6.61 Å². The number of rotatable bonds is 9. The molecule has 4 N–H and O–H groups in total. The summed E-state index contributed by atoms with van der Waals surface area (Å²) in [5, 5.41) is 36.3. The van der Waals surface area contributed by atoms with Gasteiger partial charge in [-0.25, -0.2) is 9.59 Å². The van der Waals surface area contributed by atoms with Crippen LogP contribution >= 0.6 is 0 Å². The van der Waals surface area contributed by atoms with Crippen LogP contribution < -0.4 is 0 Å². The number of aliphatic hydroxyl groups is 1. The SMILES string of the molecule is C=C(C)C(=O)OCCC(C(=O)O)C(O)(CC(=O)O)C(=O)O. The predicted molar refractivity (Wildman–Crippen MR) is 66.4 cm³/mol. The molecule has 2 atom stereocenters. The summed E-state index contributed by atoms with van der Waals surface area (Å²) < 4.78 is 4.61. The van der Waals surface area contributed by atoms with Crippen molar-refractivity contribution in [2.24, 2.45) is 5.92 Å². The van der Waals surface area contributed by atoms with Crippen LogP contribution in [0.15, 0.2) is 12.2 Å². The molecule has 0 fully saturated rings. The zero-order valence-electron chi connectivity index (χ0n) is 11.2. The number of hydrogen-bond acceptors (Lipinski definition) is 6. The van der Waals surface area contributed by atoms with E-state index >= 15 is 0 Å². The van der Waals surface area contributed by atoms with E-state index in [0.717, 1.165) is 0 Å². The van der Waals surface area contributed by atoms with Crippen molar-refractivity contribution in [3.8, 4) is 0 Å². The lowest BCUT2D eigenvalue weighted by Gasteiger charge is -2.28. The van der Waals surface area contributed by atoms with E-state index in [-0.39, 0.29) is 5.57 Å². The van der Waals surface area contributed by atoms with Crippen LogP contribution in [0.5, 0.6) is 0 Å². The van der Waals surface area contributed by atoms with Crippen molar-refractivity contribution in [3.63, 3.8) is 0 Å². The molecule has 0 aromatic rings. The number of carbonyl (C=O) groups is 4. The molecular formula is C12H16O9. The van der Waals surface area contributed by atoms with Gasteiger partial charge in [0.1, 0.15) is 5.92 Å². The third-order valence-corrected chi connectivity index (χ3v) is 2.65. The Labute approximate surface area is 119 Å². The van der Waals surface area contributed by atoms with Crippen LogP contribution in [0.25, 0.3) is 0 Å². The molecule has 9 heteroatoms. The third-order valence-electron chi connectivity index (χ3n) is 2.65. The number of esters is 1. The Morgan fingerprint density at radius 3 is 2.05 bits per heavy atom. The number of aliphatic carboxylic acids is 3. The van der Waals surface area contributed by atoms with Crippen LogP contribution in [0.4, 0.5) is 0 Å². The fourth-order valence-electron chi connectivity index (χ4n) is 1.54. The summed E-state index contributed by atoms with van der Waals surface area (Å²) in [7, 11) is 0. The first-order valence-electron chi connectivity index (χ1n) is 5.75. The average molecular weight is 304 g/mol. The van der Waals surface area contributed by atoms with E-state index in [2.05, 4.69) is 11.3 Å². The molecular weight excluding hydrogens is 288 g/mol. The fourth-order valence-corrected chi connectivity index (χ4v) is 1.54. The van der Waals surface area contributed by atoms with Gasteiger partial charge in [-0.05, 0) is 13.3 Å². The maximum Gasteiger partial charge on any atom is 0.337 e. The van der Waals surface area contributed by atoms with Gasteiger partial charge in [0.15, 0.2) is 5.60 Å². The molecule has 0 bridgehead atoms. The zero-order valence-corrected chi connectivity index (χ0v) is 11.2. The van der Waals surface area contributed by atoms with Crippen molar-refractivity contribution in [2.45, 2.75) is 25.4 Å². The summed E-state index contributed by atoms with van der Waals surface area (Å²) in [6.07, 6.45) is -1.86. The second-order valence-corrected chi connectivity index (χ2v) is 4.40. The first-order chi connectivity index (χ1) is 9.52. The van der Waals surface area contributed by atoms with E-state index in [1.807, 2.05) is 0 Å². The molecule has 118 valence electrons. The van der Waals surface area contributed by atoms with Gasteiger partial charge >= 0.3 is 23.9 Å². The van der Waals surface area contributed by atoms with Gasteiger partial charge in [0.05, 0.1) is 13.0 Å². The molecule has 9 nitrogen and oxygen atoms in total. The minimum atomic E-state index is -3.01. The highest BCUT2D eigenvalue weighted by Gasteiger charge is 2.49. The molecule has 21 heavy (non-hydrogen) atoms. The van der Waals surface area contributed by atoms with Gasteiger partial charge in [-0.3, -0.25) is 9.59 Å². The van der Waals surface area contributed by atoms with Crippen molar-refractivity contribution in [3.05, 3.63) is 12.2 Å². The van der Waals surface area contributed by atoms with Gasteiger partial charge in [0.25, 0.3) is 0 Å².